The maximum absolute atomic E-state index is 12.7. The van der Waals surface area contributed by atoms with Crippen molar-refractivity contribution >= 4 is 17.7 Å². The van der Waals surface area contributed by atoms with Gasteiger partial charge in [-0.15, -0.1) is 0 Å². The molecule has 0 aliphatic rings. The van der Waals surface area contributed by atoms with Crippen LogP contribution in [0.4, 0.5) is 4.39 Å². The Morgan fingerprint density at radius 1 is 1.04 bits per heavy atom. The number of benzene rings is 1. The summed E-state index contributed by atoms with van der Waals surface area (Å²) in [5.74, 6) is -0.350. The molecule has 0 aliphatic heterocycles. The molecule has 0 radical (unpaired) electrons. The molecule has 0 spiro atoms. The van der Waals surface area contributed by atoms with Gasteiger partial charge >= 0.3 is 0 Å². The molecule has 0 N–H and O–H groups in total. The highest BCUT2D eigenvalue weighted by molar-refractivity contribution is 6.37. The summed E-state index contributed by atoms with van der Waals surface area (Å²) in [6.07, 6.45) is 5.34. The number of unbranched alkanes of at least 4 members (excludes halogenated alkanes) is 3. The smallest absolute Gasteiger partial charge is 0.177 e. The maximum atomic E-state index is 12.7. The number of hydrogen-bond donors (Lipinski definition) is 0. The van der Waals surface area contributed by atoms with Gasteiger partial charge in [0.15, 0.2) is 5.78 Å². The summed E-state index contributed by atoms with van der Waals surface area (Å²) in [4.78, 5) is 21.1. The van der Waals surface area contributed by atoms with E-state index in [-0.39, 0.29) is 11.6 Å². The van der Waals surface area contributed by atoms with Crippen LogP contribution in [0.2, 0.25) is 0 Å². The molecular formula is C17H23FN2O3. The molecule has 0 fully saturated rings. The van der Waals surface area contributed by atoms with Gasteiger partial charge in [-0.25, -0.2) is 4.39 Å². The average molecular weight is 322 g/mol. The SMILES string of the molecule is CC(=O)/C(C)=N\OCCCCCCO/N=C\c1ccc(F)cc1. The largest absolute Gasteiger partial charge is 0.396 e. The van der Waals surface area contributed by atoms with Crippen LogP contribution in [0, 0.1) is 5.82 Å². The third-order valence-corrected chi connectivity index (χ3v) is 3.08. The Kier molecular flexibility index (Phi) is 9.28. The lowest BCUT2D eigenvalue weighted by Crippen LogP contribution is -2.05. The van der Waals surface area contributed by atoms with E-state index in [1.54, 1.807) is 25.3 Å². The first-order chi connectivity index (χ1) is 11.1. The van der Waals surface area contributed by atoms with E-state index in [4.69, 9.17) is 9.68 Å². The van der Waals surface area contributed by atoms with Gasteiger partial charge in [0.05, 0.1) is 6.21 Å². The van der Waals surface area contributed by atoms with Crippen molar-refractivity contribution in [3.8, 4) is 0 Å². The van der Waals surface area contributed by atoms with Gasteiger partial charge in [-0.1, -0.05) is 22.4 Å². The Morgan fingerprint density at radius 3 is 2.26 bits per heavy atom. The Hall–Kier alpha value is -2.24. The molecule has 1 aromatic rings. The number of carbonyl (C=O) groups is 1. The van der Waals surface area contributed by atoms with Crippen molar-refractivity contribution in [1.82, 2.24) is 0 Å². The molecule has 5 nitrogen and oxygen atoms in total. The molecule has 0 atom stereocenters. The zero-order valence-corrected chi connectivity index (χ0v) is 13.6. The van der Waals surface area contributed by atoms with Gasteiger partial charge < -0.3 is 9.68 Å². The van der Waals surface area contributed by atoms with Gasteiger partial charge in [-0.05, 0) is 50.3 Å². The Balaban J connectivity index is 1.96. The second kappa shape index (κ2) is 11.3. The minimum absolute atomic E-state index is 0.0802. The van der Waals surface area contributed by atoms with Gasteiger partial charge in [-0.3, -0.25) is 4.79 Å². The van der Waals surface area contributed by atoms with Gasteiger partial charge in [-0.2, -0.15) is 0 Å². The Labute approximate surface area is 136 Å². The van der Waals surface area contributed by atoms with E-state index >= 15 is 0 Å². The third kappa shape index (κ3) is 9.39. The second-order valence-corrected chi connectivity index (χ2v) is 5.10. The van der Waals surface area contributed by atoms with E-state index in [2.05, 4.69) is 10.3 Å². The zero-order valence-electron chi connectivity index (χ0n) is 13.6. The molecule has 0 bridgehead atoms. The predicted octanol–water partition coefficient (Wildman–Crippen LogP) is 3.72. The number of carbonyl (C=O) groups excluding carboxylic acids is 1. The normalized spacial score (nSPS) is 11.7. The molecular weight excluding hydrogens is 299 g/mol. The molecule has 23 heavy (non-hydrogen) atoms. The van der Waals surface area contributed by atoms with Gasteiger partial charge in [0.1, 0.15) is 24.7 Å². The predicted molar refractivity (Wildman–Crippen MR) is 88.2 cm³/mol. The van der Waals surface area contributed by atoms with Crippen LogP contribution in [-0.2, 0) is 14.5 Å². The quantitative estimate of drug-likeness (QED) is 0.354. The molecule has 0 heterocycles. The highest BCUT2D eigenvalue weighted by Gasteiger charge is 1.97. The fraction of sp³-hybridized carbons (Fsp3) is 0.471. The number of hydrogen-bond acceptors (Lipinski definition) is 5. The molecule has 1 aromatic carbocycles. The third-order valence-electron chi connectivity index (χ3n) is 3.08. The molecule has 0 aromatic heterocycles. The standard InChI is InChI=1S/C17H23FN2O3/c1-14(15(2)21)20-23-12-6-4-3-5-11-22-19-13-16-7-9-17(18)10-8-16/h7-10,13H,3-6,11-12H2,1-2H3/b19-13-,20-14-. The Morgan fingerprint density at radius 2 is 1.65 bits per heavy atom. The van der Waals surface area contributed by atoms with Gasteiger partial charge in [0.25, 0.3) is 0 Å². The van der Waals surface area contributed by atoms with Crippen molar-refractivity contribution < 1.29 is 18.9 Å². The highest BCUT2D eigenvalue weighted by atomic mass is 19.1. The highest BCUT2D eigenvalue weighted by Crippen LogP contribution is 2.02. The summed E-state index contributed by atoms with van der Waals surface area (Å²) >= 11 is 0. The van der Waals surface area contributed by atoms with Crippen molar-refractivity contribution in [2.75, 3.05) is 13.2 Å². The van der Waals surface area contributed by atoms with Crippen LogP contribution >= 0.6 is 0 Å². The van der Waals surface area contributed by atoms with E-state index in [0.717, 1.165) is 31.2 Å². The van der Waals surface area contributed by atoms with Crippen LogP contribution in [0.25, 0.3) is 0 Å². The van der Waals surface area contributed by atoms with E-state index in [0.29, 0.717) is 18.9 Å². The summed E-state index contributed by atoms with van der Waals surface area (Å²) in [6, 6.07) is 6.04. The Bertz CT molecular complexity index is 527. The van der Waals surface area contributed by atoms with Crippen LogP contribution in [0.5, 0.6) is 0 Å². The number of oxime groups is 2. The van der Waals surface area contributed by atoms with Crippen molar-refractivity contribution in [2.45, 2.75) is 39.5 Å². The summed E-state index contributed by atoms with van der Waals surface area (Å²) in [7, 11) is 0. The topological polar surface area (TPSA) is 60.2 Å². The molecule has 0 amide bonds. The zero-order chi connectivity index (χ0) is 16.9. The minimum atomic E-state index is -0.269. The molecule has 0 aliphatic carbocycles. The lowest BCUT2D eigenvalue weighted by molar-refractivity contribution is -0.111. The van der Waals surface area contributed by atoms with E-state index in [1.807, 2.05) is 0 Å². The number of ketones is 1. The maximum Gasteiger partial charge on any atom is 0.177 e. The van der Waals surface area contributed by atoms with Crippen LogP contribution in [0.15, 0.2) is 34.6 Å². The van der Waals surface area contributed by atoms with Crippen molar-refractivity contribution in [2.24, 2.45) is 10.3 Å². The van der Waals surface area contributed by atoms with E-state index < -0.39 is 0 Å². The van der Waals surface area contributed by atoms with Gasteiger partial charge in [0, 0.05) is 6.92 Å². The molecule has 1 rings (SSSR count). The second-order valence-electron chi connectivity index (χ2n) is 5.10. The van der Waals surface area contributed by atoms with Crippen LogP contribution < -0.4 is 0 Å². The van der Waals surface area contributed by atoms with Crippen molar-refractivity contribution in [3.05, 3.63) is 35.6 Å². The summed E-state index contributed by atoms with van der Waals surface area (Å²) in [5, 5.41) is 7.55. The monoisotopic (exact) mass is 322 g/mol. The van der Waals surface area contributed by atoms with Crippen molar-refractivity contribution in [3.63, 3.8) is 0 Å². The molecule has 0 unspecified atom stereocenters. The fourth-order valence-electron chi connectivity index (χ4n) is 1.59. The first-order valence-electron chi connectivity index (χ1n) is 7.68. The molecule has 0 saturated heterocycles. The summed E-state index contributed by atoms with van der Waals surface area (Å²) < 4.78 is 12.7. The lowest BCUT2D eigenvalue weighted by atomic mass is 10.2. The molecule has 126 valence electrons. The minimum Gasteiger partial charge on any atom is -0.396 e. The van der Waals surface area contributed by atoms with Crippen molar-refractivity contribution in [1.29, 1.82) is 0 Å². The number of halogens is 1. The van der Waals surface area contributed by atoms with Crippen LogP contribution in [0.1, 0.15) is 45.1 Å². The van der Waals surface area contributed by atoms with E-state index in [1.165, 1.54) is 19.1 Å². The van der Waals surface area contributed by atoms with E-state index in [9.17, 15) is 9.18 Å². The lowest BCUT2D eigenvalue weighted by Gasteiger charge is -2.01. The van der Waals surface area contributed by atoms with Crippen LogP contribution in [-0.4, -0.2) is 30.9 Å². The molecule has 0 saturated carbocycles. The van der Waals surface area contributed by atoms with Gasteiger partial charge in [0.2, 0.25) is 0 Å². The summed E-state index contributed by atoms with van der Waals surface area (Å²) in [6.45, 7) is 4.14. The number of nitrogens with zero attached hydrogens (tertiary/aromatic N) is 2. The summed E-state index contributed by atoms with van der Waals surface area (Å²) in [5.41, 5.74) is 1.18. The number of Topliss-reactive ketones (excluding diaryl/α,β-unsaturated/α-hetero) is 1. The first kappa shape index (κ1) is 18.8. The van der Waals surface area contributed by atoms with Crippen LogP contribution in [0.3, 0.4) is 0 Å². The fourth-order valence-corrected chi connectivity index (χ4v) is 1.59. The average Bonchev–Trinajstić information content (AvgIpc) is 2.54. The number of rotatable bonds is 11. The first-order valence-corrected chi connectivity index (χ1v) is 7.68. The molecule has 6 heteroatoms.